The normalized spacial score (nSPS) is 13.8. The summed E-state index contributed by atoms with van der Waals surface area (Å²) in [4.78, 5) is -0.176. The molecule has 1 aromatic rings. The van der Waals surface area contributed by atoms with Crippen LogP contribution in [0.4, 0.5) is 4.39 Å². The highest BCUT2D eigenvalue weighted by Crippen LogP contribution is 2.26. The molecule has 0 aromatic heterocycles. The van der Waals surface area contributed by atoms with Crippen LogP contribution in [0, 0.1) is 5.82 Å². The van der Waals surface area contributed by atoms with Crippen molar-refractivity contribution in [3.63, 3.8) is 0 Å². The van der Waals surface area contributed by atoms with E-state index in [4.69, 9.17) is 22.1 Å². The second-order valence-corrected chi connectivity index (χ2v) is 6.78. The molecule has 0 fully saturated rings. The molecule has 0 spiro atoms. The molecule has 0 heterocycles. The van der Waals surface area contributed by atoms with Gasteiger partial charge >= 0.3 is 0 Å². The van der Waals surface area contributed by atoms with Gasteiger partial charge in [0, 0.05) is 26.7 Å². The highest BCUT2D eigenvalue weighted by atomic mass is 35.5. The van der Waals surface area contributed by atoms with Crippen molar-refractivity contribution in [2.24, 2.45) is 5.73 Å². The molecule has 0 aliphatic carbocycles. The number of likely N-dealkylation sites (N-methyl/N-ethyl adjacent to an activating group) is 1. The summed E-state index contributed by atoms with van der Waals surface area (Å²) in [6.45, 7) is 1.88. The summed E-state index contributed by atoms with van der Waals surface area (Å²) in [5.41, 5.74) is 5.68. The zero-order valence-electron chi connectivity index (χ0n) is 11.6. The number of halogens is 2. The van der Waals surface area contributed by atoms with Gasteiger partial charge in [-0.2, -0.15) is 4.31 Å². The van der Waals surface area contributed by atoms with E-state index in [1.54, 1.807) is 6.92 Å². The summed E-state index contributed by atoms with van der Waals surface area (Å²) in [5, 5.41) is -0.154. The Morgan fingerprint density at radius 2 is 2.10 bits per heavy atom. The molecule has 0 amide bonds. The zero-order chi connectivity index (χ0) is 15.5. The van der Waals surface area contributed by atoms with Crippen molar-refractivity contribution in [3.8, 4) is 0 Å². The lowest BCUT2D eigenvalue weighted by Gasteiger charge is -2.24. The van der Waals surface area contributed by atoms with Crippen LogP contribution in [0.2, 0.25) is 5.02 Å². The summed E-state index contributed by atoms with van der Waals surface area (Å²) >= 11 is 5.72. The number of sulfonamides is 1. The van der Waals surface area contributed by atoms with E-state index >= 15 is 0 Å². The molecule has 0 radical (unpaired) electrons. The van der Waals surface area contributed by atoms with E-state index in [9.17, 15) is 12.8 Å². The Bertz CT molecular complexity index is 580. The predicted octanol–water partition coefficient (Wildman–Crippen LogP) is 1.59. The summed E-state index contributed by atoms with van der Waals surface area (Å²) in [6, 6.07) is 1.80. The molecule has 0 bridgehead atoms. The molecule has 0 saturated heterocycles. The van der Waals surface area contributed by atoms with Gasteiger partial charge < -0.3 is 10.5 Å². The minimum atomic E-state index is -3.83. The van der Waals surface area contributed by atoms with Crippen molar-refractivity contribution >= 4 is 21.6 Å². The fourth-order valence-corrected chi connectivity index (χ4v) is 3.26. The summed E-state index contributed by atoms with van der Waals surface area (Å²) in [6.07, 6.45) is 0. The molecule has 1 aromatic carbocycles. The van der Waals surface area contributed by atoms with Gasteiger partial charge in [0.25, 0.3) is 0 Å². The molecular weight excluding hydrogens is 307 g/mol. The lowest BCUT2D eigenvalue weighted by Crippen LogP contribution is -2.37. The lowest BCUT2D eigenvalue weighted by molar-refractivity contribution is 0.149. The Morgan fingerprint density at radius 1 is 1.50 bits per heavy atom. The molecule has 8 heteroatoms. The van der Waals surface area contributed by atoms with Crippen LogP contribution in [-0.4, -0.2) is 39.5 Å². The SMILES string of the molecule is COCC(C)N(C)S(=O)(=O)c1cc(F)c(Cl)c(CN)c1. The van der Waals surface area contributed by atoms with Gasteiger partial charge in [0.2, 0.25) is 10.0 Å². The van der Waals surface area contributed by atoms with Crippen molar-refractivity contribution in [3.05, 3.63) is 28.5 Å². The average molecular weight is 325 g/mol. The number of hydrogen-bond donors (Lipinski definition) is 1. The molecule has 0 aliphatic rings. The van der Waals surface area contributed by atoms with Crippen LogP contribution < -0.4 is 5.73 Å². The van der Waals surface area contributed by atoms with Gasteiger partial charge in [0.05, 0.1) is 16.5 Å². The van der Waals surface area contributed by atoms with Gasteiger partial charge in [-0.05, 0) is 24.6 Å². The minimum Gasteiger partial charge on any atom is -0.383 e. The van der Waals surface area contributed by atoms with Crippen molar-refractivity contribution < 1.29 is 17.5 Å². The fraction of sp³-hybridized carbons (Fsp3) is 0.500. The van der Waals surface area contributed by atoms with Crippen molar-refractivity contribution in [2.75, 3.05) is 20.8 Å². The van der Waals surface area contributed by atoms with Gasteiger partial charge in [-0.1, -0.05) is 11.6 Å². The largest absolute Gasteiger partial charge is 0.383 e. The Kier molecular flexibility index (Phi) is 5.91. The standard InChI is InChI=1S/C12H18ClFN2O3S/c1-8(7-19-3)16(2)20(17,18)10-4-9(6-15)12(13)11(14)5-10/h4-5,8H,6-7,15H2,1-3H3. The van der Waals surface area contributed by atoms with Crippen molar-refractivity contribution in [1.29, 1.82) is 0 Å². The number of ether oxygens (including phenoxy) is 1. The number of nitrogens with zero attached hydrogens (tertiary/aromatic N) is 1. The van der Waals surface area contributed by atoms with Crippen LogP contribution in [0.1, 0.15) is 12.5 Å². The van der Waals surface area contributed by atoms with Crippen LogP contribution >= 0.6 is 11.6 Å². The maximum absolute atomic E-state index is 13.7. The molecule has 0 saturated carbocycles. The monoisotopic (exact) mass is 324 g/mol. The number of hydrogen-bond acceptors (Lipinski definition) is 4. The van der Waals surface area contributed by atoms with Crippen molar-refractivity contribution in [2.45, 2.75) is 24.4 Å². The van der Waals surface area contributed by atoms with Gasteiger partial charge in [-0.25, -0.2) is 12.8 Å². The molecule has 0 aliphatic heterocycles. The van der Waals surface area contributed by atoms with E-state index in [1.165, 1.54) is 20.2 Å². The molecule has 1 rings (SSSR count). The molecule has 1 atom stereocenters. The summed E-state index contributed by atoms with van der Waals surface area (Å²) in [5.74, 6) is -0.805. The lowest BCUT2D eigenvalue weighted by atomic mass is 10.2. The topological polar surface area (TPSA) is 72.6 Å². The first-order chi connectivity index (χ1) is 9.25. The third-order valence-electron chi connectivity index (χ3n) is 3.00. The first-order valence-corrected chi connectivity index (χ1v) is 7.72. The quantitative estimate of drug-likeness (QED) is 0.862. The molecular formula is C12H18ClFN2O3S. The van der Waals surface area contributed by atoms with Crippen LogP contribution in [0.3, 0.4) is 0 Å². The Balaban J connectivity index is 3.25. The molecule has 2 N–H and O–H groups in total. The van der Waals surface area contributed by atoms with E-state index in [-0.39, 0.29) is 34.7 Å². The minimum absolute atomic E-state index is 0.0452. The second kappa shape index (κ2) is 6.82. The average Bonchev–Trinajstić information content (AvgIpc) is 2.40. The Labute approximate surface area is 123 Å². The maximum atomic E-state index is 13.7. The highest BCUT2D eigenvalue weighted by Gasteiger charge is 2.27. The third-order valence-corrected chi connectivity index (χ3v) is 5.38. The van der Waals surface area contributed by atoms with E-state index in [0.717, 1.165) is 10.4 Å². The van der Waals surface area contributed by atoms with E-state index in [0.29, 0.717) is 0 Å². The van der Waals surface area contributed by atoms with Gasteiger partial charge in [-0.3, -0.25) is 0 Å². The highest BCUT2D eigenvalue weighted by molar-refractivity contribution is 7.89. The van der Waals surface area contributed by atoms with Crippen molar-refractivity contribution in [1.82, 2.24) is 4.31 Å². The van der Waals surface area contributed by atoms with Gasteiger partial charge in [0.1, 0.15) is 5.82 Å². The molecule has 1 unspecified atom stereocenters. The molecule has 5 nitrogen and oxygen atoms in total. The number of benzene rings is 1. The summed E-state index contributed by atoms with van der Waals surface area (Å²) < 4.78 is 44.5. The van der Waals surface area contributed by atoms with Crippen LogP contribution in [0.25, 0.3) is 0 Å². The number of methoxy groups -OCH3 is 1. The number of nitrogens with two attached hydrogens (primary N) is 1. The van der Waals surface area contributed by atoms with Crippen LogP contribution in [0.15, 0.2) is 17.0 Å². The van der Waals surface area contributed by atoms with Crippen LogP contribution in [-0.2, 0) is 21.3 Å². The van der Waals surface area contributed by atoms with Crippen LogP contribution in [0.5, 0.6) is 0 Å². The zero-order valence-corrected chi connectivity index (χ0v) is 13.1. The molecule has 114 valence electrons. The van der Waals surface area contributed by atoms with Gasteiger partial charge in [-0.15, -0.1) is 0 Å². The summed E-state index contributed by atoms with van der Waals surface area (Å²) in [7, 11) is -0.945. The predicted molar refractivity (Wildman–Crippen MR) is 75.6 cm³/mol. The maximum Gasteiger partial charge on any atom is 0.243 e. The third kappa shape index (κ3) is 3.48. The first-order valence-electron chi connectivity index (χ1n) is 5.90. The van der Waals surface area contributed by atoms with E-state index in [2.05, 4.69) is 0 Å². The van der Waals surface area contributed by atoms with Gasteiger partial charge in [0.15, 0.2) is 0 Å². The smallest absolute Gasteiger partial charge is 0.243 e. The van der Waals surface area contributed by atoms with E-state index in [1.807, 2.05) is 0 Å². The first kappa shape index (κ1) is 17.3. The Hall–Kier alpha value is -0.730. The fourth-order valence-electron chi connectivity index (χ4n) is 1.67. The Morgan fingerprint density at radius 3 is 2.60 bits per heavy atom. The second-order valence-electron chi connectivity index (χ2n) is 4.41. The molecule has 20 heavy (non-hydrogen) atoms. The van der Waals surface area contributed by atoms with E-state index < -0.39 is 15.8 Å². The number of rotatable bonds is 6.